The van der Waals surface area contributed by atoms with Crippen LogP contribution in [0.3, 0.4) is 0 Å². The van der Waals surface area contributed by atoms with Gasteiger partial charge in [0, 0.05) is 44.5 Å². The first-order valence-corrected chi connectivity index (χ1v) is 26.8. The van der Waals surface area contributed by atoms with Crippen molar-refractivity contribution in [2.75, 3.05) is 32.2 Å². The zero-order chi connectivity index (χ0) is 59.0. The summed E-state index contributed by atoms with van der Waals surface area (Å²) in [5, 5.41) is 45.2. The van der Waals surface area contributed by atoms with Crippen LogP contribution in [0.1, 0.15) is 86.1 Å². The van der Waals surface area contributed by atoms with E-state index in [-0.39, 0.29) is 61.2 Å². The average Bonchev–Trinajstić information content (AvgIpc) is 3.37. The van der Waals surface area contributed by atoms with Gasteiger partial charge in [0.15, 0.2) is 5.96 Å². The number of carboxylic acid groups (broad SMARTS) is 3. The van der Waals surface area contributed by atoms with E-state index in [1.807, 2.05) is 43.3 Å². The molecule has 15 N–H and O–H groups in total. The summed E-state index contributed by atoms with van der Waals surface area (Å²) in [5.74, 6) is -14.7. The number of methoxy groups -OCH3 is 1. The highest BCUT2D eigenvalue weighted by molar-refractivity contribution is 7.99. The molecular formula is C52H81N11O14S. The summed E-state index contributed by atoms with van der Waals surface area (Å²) in [4.78, 5) is 140. The fourth-order valence-electron chi connectivity index (χ4n) is 8.11. The van der Waals surface area contributed by atoms with E-state index in [0.29, 0.717) is 12.0 Å². The van der Waals surface area contributed by atoms with Gasteiger partial charge in [0.2, 0.25) is 41.4 Å². The molecule has 12 atom stereocenters. The van der Waals surface area contributed by atoms with Gasteiger partial charge in [-0.2, -0.15) is 11.8 Å². The van der Waals surface area contributed by atoms with Crippen LogP contribution in [0, 0.1) is 23.7 Å². The van der Waals surface area contributed by atoms with Crippen LogP contribution in [-0.2, 0) is 59.1 Å². The van der Waals surface area contributed by atoms with Crippen molar-refractivity contribution in [2.24, 2.45) is 45.9 Å². The minimum Gasteiger partial charge on any atom is -0.480 e. The number of carbonyl (C=O) groups is 10. The van der Waals surface area contributed by atoms with Crippen molar-refractivity contribution in [3.05, 3.63) is 59.7 Å². The summed E-state index contributed by atoms with van der Waals surface area (Å²) in [6.07, 6.45) is 4.34. The van der Waals surface area contributed by atoms with Crippen molar-refractivity contribution in [2.45, 2.75) is 141 Å². The minimum atomic E-state index is -1.93. The summed E-state index contributed by atoms with van der Waals surface area (Å²) >= 11 is 0.909. The van der Waals surface area contributed by atoms with Crippen LogP contribution in [0.4, 0.5) is 0 Å². The Morgan fingerprint density at radius 1 is 0.821 bits per heavy atom. The van der Waals surface area contributed by atoms with Gasteiger partial charge < -0.3 is 74.1 Å². The first kappa shape index (κ1) is 67.1. The van der Waals surface area contributed by atoms with Crippen molar-refractivity contribution < 1.29 is 68.0 Å². The fraction of sp³-hybridized carbons (Fsp3) is 0.596. The molecule has 78 heavy (non-hydrogen) atoms. The number of aliphatic carboxylic acids is 3. The van der Waals surface area contributed by atoms with E-state index in [1.54, 1.807) is 34.0 Å². The lowest BCUT2D eigenvalue weighted by Gasteiger charge is -2.30. The number of nitrogens with zero attached hydrogens (tertiary/aromatic N) is 2. The standard InChI is InChI=1S/C52H81N11O14S/c1-27(2)22-38-47(69)62-42(51(75)76)31(6)44(66)59-36(16-13-21-56-52(54)55)46(68)58-35(18-17-28(3)23-29(4)40(77-9)24-33-14-11-10-12-15-33)30(5)43(65)60-37(50(73)74)19-20-41(64)63(8)39(26-78-25-34(53)49(71)72)48(70)57-32(7)45(67)61-38/h10-12,14-15,17-18,23,27,29-32,34-40,42H,13,16,19-22,24-26,53H2,1-9H3,(H,57,70)(H,58,68)(H,59,66)(H,60,65)(H,61,67)(H,62,69)(H,71,72)(H,73,74)(H,75,76)(H4,54,55,56)/b18-17+,28-23+/t29-,30-,31-,32+,34-,35?,36?,37+,38-,39?,40-,42?/m0/s1. The number of carboxylic acids is 3. The van der Waals surface area contributed by atoms with Crippen LogP contribution in [0.15, 0.2) is 59.1 Å². The van der Waals surface area contributed by atoms with Crippen LogP contribution < -0.4 is 49.1 Å². The molecule has 434 valence electrons. The molecule has 0 radical (unpaired) electrons. The molecule has 1 aliphatic rings. The number of nitrogens with one attached hydrogen (secondary N) is 6. The summed E-state index contributed by atoms with van der Waals surface area (Å²) in [7, 11) is 2.84. The average molecular weight is 1120 g/mol. The molecule has 0 bridgehead atoms. The Labute approximate surface area is 459 Å². The third-order valence-electron chi connectivity index (χ3n) is 13.0. The molecule has 2 rings (SSSR count). The summed E-state index contributed by atoms with van der Waals surface area (Å²) < 4.78 is 5.82. The van der Waals surface area contributed by atoms with Gasteiger partial charge in [0.1, 0.15) is 42.3 Å². The van der Waals surface area contributed by atoms with E-state index in [9.17, 15) is 63.3 Å². The van der Waals surface area contributed by atoms with Gasteiger partial charge in [-0.05, 0) is 57.4 Å². The number of hydrogen-bond donors (Lipinski definition) is 12. The quantitative estimate of drug-likeness (QED) is 0.0343. The highest BCUT2D eigenvalue weighted by Crippen LogP contribution is 2.19. The van der Waals surface area contributed by atoms with Gasteiger partial charge in [0.05, 0.1) is 24.0 Å². The number of likely N-dealkylation sites (N-methyl/N-ethyl adjacent to an activating group) is 1. The lowest BCUT2D eigenvalue weighted by atomic mass is 9.94. The predicted molar refractivity (Wildman–Crippen MR) is 292 cm³/mol. The zero-order valence-corrected chi connectivity index (χ0v) is 46.7. The van der Waals surface area contributed by atoms with Gasteiger partial charge in [-0.3, -0.25) is 43.3 Å². The largest absolute Gasteiger partial charge is 0.480 e. The smallest absolute Gasteiger partial charge is 0.327 e. The molecule has 0 saturated carbocycles. The van der Waals surface area contributed by atoms with Gasteiger partial charge in [0.25, 0.3) is 0 Å². The predicted octanol–water partition coefficient (Wildman–Crippen LogP) is -0.382. The molecule has 4 unspecified atom stereocenters. The second-order valence-electron chi connectivity index (χ2n) is 19.9. The Bertz CT molecular complexity index is 2330. The monoisotopic (exact) mass is 1120 g/mol. The molecule has 25 nitrogen and oxygen atoms in total. The molecule has 0 aromatic heterocycles. The number of rotatable bonds is 20. The van der Waals surface area contributed by atoms with Crippen molar-refractivity contribution in [3.63, 3.8) is 0 Å². The van der Waals surface area contributed by atoms with Crippen molar-refractivity contribution in [1.82, 2.24) is 36.8 Å². The number of benzene rings is 1. The normalized spacial score (nSPS) is 25.4. The van der Waals surface area contributed by atoms with Gasteiger partial charge in [-0.1, -0.05) is 88.8 Å². The highest BCUT2D eigenvalue weighted by Gasteiger charge is 2.38. The van der Waals surface area contributed by atoms with Crippen LogP contribution in [0.25, 0.3) is 0 Å². The van der Waals surface area contributed by atoms with Gasteiger partial charge in [-0.25, -0.2) is 9.59 Å². The van der Waals surface area contributed by atoms with Crippen molar-refractivity contribution in [1.29, 1.82) is 0 Å². The van der Waals surface area contributed by atoms with E-state index in [2.05, 4.69) is 36.9 Å². The Morgan fingerprint density at radius 3 is 2.01 bits per heavy atom. The third kappa shape index (κ3) is 22.9. The molecular weight excluding hydrogens is 1030 g/mol. The molecule has 0 spiro atoms. The van der Waals surface area contributed by atoms with Crippen LogP contribution in [0.2, 0.25) is 0 Å². The number of hydrogen-bond acceptors (Lipinski definition) is 14. The minimum absolute atomic E-state index is 0.00362. The van der Waals surface area contributed by atoms with Crippen molar-refractivity contribution in [3.8, 4) is 0 Å². The maximum Gasteiger partial charge on any atom is 0.327 e. The fourth-order valence-corrected chi connectivity index (χ4v) is 9.24. The SMILES string of the molecule is CO[C@@H](Cc1ccccc1)[C@@H](C)/C=C(C)/C=C/C1NC(=O)C(CCCN=C(N)N)NC(=O)[C@@H](C)C(C(=O)O)NC(=O)[C@H](CC(C)C)NC(=O)[C@@H](C)NC(=O)C(CSC[C@H](N)C(=O)O)N(C)C(=O)CC[C@H](C(=O)O)NC(=O)[C@H]1C. The molecule has 1 aromatic carbocycles. The van der Waals surface area contributed by atoms with E-state index < -0.39 is 132 Å². The number of allylic oxidation sites excluding steroid dienone is 2. The first-order chi connectivity index (χ1) is 36.6. The molecule has 1 saturated heterocycles. The lowest BCUT2D eigenvalue weighted by Crippen LogP contribution is -2.59. The number of thioether (sulfide) groups is 1. The lowest BCUT2D eigenvalue weighted by molar-refractivity contribution is -0.146. The number of amides is 7. The van der Waals surface area contributed by atoms with E-state index >= 15 is 0 Å². The second-order valence-corrected chi connectivity index (χ2v) is 21.0. The topological polar surface area (TPSA) is 406 Å². The molecule has 26 heteroatoms. The van der Waals surface area contributed by atoms with E-state index in [4.69, 9.17) is 21.9 Å². The molecule has 7 amide bonds. The number of ether oxygens (including phenoxy) is 1. The first-order valence-electron chi connectivity index (χ1n) is 25.7. The second kappa shape index (κ2) is 33.3. The van der Waals surface area contributed by atoms with E-state index in [1.165, 1.54) is 33.9 Å². The molecule has 1 aromatic rings. The van der Waals surface area contributed by atoms with Crippen molar-refractivity contribution >= 4 is 77.0 Å². The summed E-state index contributed by atoms with van der Waals surface area (Å²) in [6, 6.07) is -2.12. The summed E-state index contributed by atoms with van der Waals surface area (Å²) in [5.41, 5.74) is 18.5. The number of aliphatic imine (C=N–C) groups is 1. The molecule has 1 fully saturated rings. The zero-order valence-electron chi connectivity index (χ0n) is 45.9. The molecule has 1 aliphatic heterocycles. The van der Waals surface area contributed by atoms with Crippen LogP contribution in [-0.4, -0.2) is 172 Å². The Morgan fingerprint density at radius 2 is 1.44 bits per heavy atom. The third-order valence-corrected chi connectivity index (χ3v) is 14.1. The Kier molecular flexibility index (Phi) is 28.6. The maximum atomic E-state index is 14.5. The molecule has 1 heterocycles. The number of guanidine groups is 1. The maximum absolute atomic E-state index is 14.5. The van der Waals surface area contributed by atoms with E-state index in [0.717, 1.165) is 22.2 Å². The Balaban J connectivity index is 2.80. The summed E-state index contributed by atoms with van der Waals surface area (Å²) in [6.45, 7) is 11.1. The number of carbonyl (C=O) groups excluding carboxylic acids is 7. The molecule has 0 aliphatic carbocycles. The van der Waals surface area contributed by atoms with Crippen LogP contribution in [0.5, 0.6) is 0 Å². The highest BCUT2D eigenvalue weighted by atomic mass is 32.2. The Hall–Kier alpha value is -7.06. The van der Waals surface area contributed by atoms with Gasteiger partial charge >= 0.3 is 17.9 Å². The van der Waals surface area contributed by atoms with Crippen LogP contribution >= 0.6 is 11.8 Å². The number of nitrogens with two attached hydrogens (primary N) is 3. The van der Waals surface area contributed by atoms with Gasteiger partial charge in [-0.15, -0.1) is 0 Å².